The van der Waals surface area contributed by atoms with Gasteiger partial charge in [0, 0.05) is 11.1 Å². The van der Waals surface area contributed by atoms with Crippen LogP contribution in [0.4, 0.5) is 0 Å². The van der Waals surface area contributed by atoms with Crippen LogP contribution in [-0.2, 0) is 6.42 Å². The highest BCUT2D eigenvalue weighted by Crippen LogP contribution is 2.26. The van der Waals surface area contributed by atoms with E-state index in [1.165, 1.54) is 0 Å². The maximum absolute atomic E-state index is 8.99. The molecule has 0 saturated heterocycles. The van der Waals surface area contributed by atoms with E-state index < -0.39 is 0 Å². The first kappa shape index (κ1) is 17.8. The third-order valence-corrected chi connectivity index (χ3v) is 3.77. The molecule has 1 aromatic carbocycles. The number of hydrogen-bond donors (Lipinski definition) is 1. The minimum Gasteiger partial charge on any atom is -0.493 e. The van der Waals surface area contributed by atoms with Crippen LogP contribution in [-0.4, -0.2) is 12.6 Å². The Balaban J connectivity index is 2.60. The molecule has 0 saturated carbocycles. The fraction of sp³-hybridized carbons (Fsp3) is 0.588. The first-order chi connectivity index (χ1) is 9.88. The molecule has 0 aromatic heterocycles. The number of halogens is 1. The Kier molecular flexibility index (Phi) is 7.01. The lowest BCUT2D eigenvalue weighted by Crippen LogP contribution is -2.21. The van der Waals surface area contributed by atoms with Crippen LogP contribution < -0.4 is 10.5 Å². The van der Waals surface area contributed by atoms with Gasteiger partial charge in [0.05, 0.1) is 18.1 Å². The molecule has 1 atom stereocenters. The lowest BCUT2D eigenvalue weighted by molar-refractivity contribution is 0.281. The molecule has 3 nitrogen and oxygen atoms in total. The van der Waals surface area contributed by atoms with Crippen LogP contribution in [0.3, 0.4) is 0 Å². The van der Waals surface area contributed by atoms with E-state index in [-0.39, 0.29) is 11.5 Å². The summed E-state index contributed by atoms with van der Waals surface area (Å²) in [6.45, 7) is 6.56. The second-order valence-corrected chi connectivity index (χ2v) is 6.51. The second-order valence-electron chi connectivity index (χ2n) is 6.07. The van der Waals surface area contributed by atoms with Crippen molar-refractivity contribution in [3.05, 3.63) is 28.8 Å². The van der Waals surface area contributed by atoms with Gasteiger partial charge in [0.2, 0.25) is 0 Å². The highest BCUT2D eigenvalue weighted by atomic mass is 35.5. The van der Waals surface area contributed by atoms with E-state index in [0.29, 0.717) is 11.6 Å². The number of ether oxygens (including phenoxy) is 1. The lowest BCUT2D eigenvalue weighted by atomic mass is 9.90. The number of nitrogens with two attached hydrogens (primary N) is 1. The van der Waals surface area contributed by atoms with Gasteiger partial charge < -0.3 is 10.5 Å². The molecule has 2 N–H and O–H groups in total. The molecule has 0 aliphatic carbocycles. The molecule has 0 bridgehead atoms. The largest absolute Gasteiger partial charge is 0.493 e. The molecular formula is C17H25ClN2O. The molecule has 4 heteroatoms. The van der Waals surface area contributed by atoms with E-state index in [1.807, 2.05) is 32.0 Å². The summed E-state index contributed by atoms with van der Waals surface area (Å²) in [5, 5.41) is 9.69. The molecule has 0 spiro atoms. The molecule has 116 valence electrons. The molecule has 1 rings (SSSR count). The summed E-state index contributed by atoms with van der Waals surface area (Å²) in [6.07, 6.45) is 3.35. The normalized spacial score (nSPS) is 12.8. The molecule has 0 amide bonds. The standard InChI is InChI=1S/C17H25ClN2O/c1-4-15(20)11-13-10-14(18)6-7-16(13)21-9-5-8-17(2,3)12-19/h6-7,10,15H,4-5,8-9,11,20H2,1-3H3. The second kappa shape index (κ2) is 8.26. The summed E-state index contributed by atoms with van der Waals surface area (Å²) < 4.78 is 5.85. The third-order valence-electron chi connectivity index (χ3n) is 3.54. The zero-order valence-corrected chi connectivity index (χ0v) is 13.9. The van der Waals surface area contributed by atoms with Crippen molar-refractivity contribution in [2.75, 3.05) is 6.61 Å². The van der Waals surface area contributed by atoms with Crippen molar-refractivity contribution in [2.24, 2.45) is 11.1 Å². The van der Waals surface area contributed by atoms with Gasteiger partial charge in [0.15, 0.2) is 0 Å². The van der Waals surface area contributed by atoms with E-state index in [9.17, 15) is 0 Å². The van der Waals surface area contributed by atoms with Gasteiger partial charge in [-0.05, 0) is 63.3 Å². The van der Waals surface area contributed by atoms with Gasteiger partial charge >= 0.3 is 0 Å². The van der Waals surface area contributed by atoms with Gasteiger partial charge in [-0.25, -0.2) is 0 Å². The predicted octanol–water partition coefficient (Wildman–Crippen LogP) is 4.33. The van der Waals surface area contributed by atoms with Gasteiger partial charge in [-0.3, -0.25) is 0 Å². The first-order valence-corrected chi connectivity index (χ1v) is 7.84. The van der Waals surface area contributed by atoms with Gasteiger partial charge in [0.25, 0.3) is 0 Å². The summed E-state index contributed by atoms with van der Waals surface area (Å²) in [5.41, 5.74) is 6.78. The van der Waals surface area contributed by atoms with E-state index >= 15 is 0 Å². The fourth-order valence-corrected chi connectivity index (χ4v) is 2.22. The van der Waals surface area contributed by atoms with E-state index in [2.05, 4.69) is 13.0 Å². The number of benzene rings is 1. The summed E-state index contributed by atoms with van der Waals surface area (Å²) in [4.78, 5) is 0. The predicted molar refractivity (Wildman–Crippen MR) is 87.5 cm³/mol. The number of nitriles is 1. The highest BCUT2D eigenvalue weighted by molar-refractivity contribution is 6.30. The Morgan fingerprint density at radius 1 is 1.43 bits per heavy atom. The SMILES string of the molecule is CCC(N)Cc1cc(Cl)ccc1OCCCC(C)(C)C#N. The molecule has 0 fully saturated rings. The average Bonchev–Trinajstić information content (AvgIpc) is 2.45. The Morgan fingerprint density at radius 2 is 2.14 bits per heavy atom. The van der Waals surface area contributed by atoms with Crippen LogP contribution in [0.25, 0.3) is 0 Å². The van der Waals surface area contributed by atoms with Crippen molar-refractivity contribution >= 4 is 11.6 Å². The van der Waals surface area contributed by atoms with E-state index in [4.69, 9.17) is 27.3 Å². The van der Waals surface area contributed by atoms with Crippen LogP contribution in [0.15, 0.2) is 18.2 Å². The maximum Gasteiger partial charge on any atom is 0.122 e. The Bertz CT molecular complexity index is 494. The van der Waals surface area contributed by atoms with Crippen molar-refractivity contribution in [2.45, 2.75) is 52.5 Å². The molecule has 0 radical (unpaired) electrons. The molecule has 21 heavy (non-hydrogen) atoms. The van der Waals surface area contributed by atoms with Crippen LogP contribution >= 0.6 is 11.6 Å². The summed E-state index contributed by atoms with van der Waals surface area (Å²) in [6, 6.07) is 8.07. The van der Waals surface area contributed by atoms with E-state index in [1.54, 1.807) is 0 Å². The first-order valence-electron chi connectivity index (χ1n) is 7.46. The molecular weight excluding hydrogens is 284 g/mol. The van der Waals surface area contributed by atoms with Crippen LogP contribution in [0, 0.1) is 16.7 Å². The monoisotopic (exact) mass is 308 g/mol. The zero-order chi connectivity index (χ0) is 15.9. The van der Waals surface area contributed by atoms with Crippen molar-refractivity contribution in [3.63, 3.8) is 0 Å². The molecule has 1 aromatic rings. The Labute approximate surface area is 133 Å². The molecule has 0 aliphatic heterocycles. The van der Waals surface area contributed by atoms with Gasteiger partial charge in [-0.15, -0.1) is 0 Å². The zero-order valence-electron chi connectivity index (χ0n) is 13.2. The molecule has 0 aliphatic rings. The van der Waals surface area contributed by atoms with Crippen molar-refractivity contribution in [3.8, 4) is 11.8 Å². The number of rotatable bonds is 8. The van der Waals surface area contributed by atoms with Crippen molar-refractivity contribution in [1.82, 2.24) is 0 Å². The lowest BCUT2D eigenvalue weighted by Gasteiger charge is -2.17. The number of hydrogen-bond acceptors (Lipinski definition) is 3. The highest BCUT2D eigenvalue weighted by Gasteiger charge is 2.16. The number of nitrogens with zero attached hydrogens (tertiary/aromatic N) is 1. The van der Waals surface area contributed by atoms with Crippen LogP contribution in [0.5, 0.6) is 5.75 Å². The summed E-state index contributed by atoms with van der Waals surface area (Å²) in [7, 11) is 0. The average molecular weight is 309 g/mol. The smallest absolute Gasteiger partial charge is 0.122 e. The quantitative estimate of drug-likeness (QED) is 0.727. The van der Waals surface area contributed by atoms with Crippen LogP contribution in [0.2, 0.25) is 5.02 Å². The minimum atomic E-state index is -0.295. The molecule has 1 unspecified atom stereocenters. The van der Waals surface area contributed by atoms with Crippen molar-refractivity contribution in [1.29, 1.82) is 5.26 Å². The topological polar surface area (TPSA) is 59.0 Å². The van der Waals surface area contributed by atoms with Gasteiger partial charge in [-0.1, -0.05) is 18.5 Å². The Hall–Kier alpha value is -1.24. The summed E-state index contributed by atoms with van der Waals surface area (Å²) >= 11 is 6.05. The van der Waals surface area contributed by atoms with E-state index in [0.717, 1.165) is 37.0 Å². The third kappa shape index (κ3) is 6.37. The van der Waals surface area contributed by atoms with Gasteiger partial charge in [-0.2, -0.15) is 5.26 Å². The fourth-order valence-electron chi connectivity index (χ4n) is 2.03. The Morgan fingerprint density at radius 3 is 2.76 bits per heavy atom. The molecule has 0 heterocycles. The minimum absolute atomic E-state index is 0.114. The van der Waals surface area contributed by atoms with Gasteiger partial charge in [0.1, 0.15) is 5.75 Å². The van der Waals surface area contributed by atoms with Crippen LogP contribution in [0.1, 0.15) is 45.6 Å². The summed E-state index contributed by atoms with van der Waals surface area (Å²) in [5.74, 6) is 0.845. The van der Waals surface area contributed by atoms with Crippen molar-refractivity contribution < 1.29 is 4.74 Å². The maximum atomic E-state index is 8.99.